The van der Waals surface area contributed by atoms with Gasteiger partial charge in [-0.1, -0.05) is 102 Å². The van der Waals surface area contributed by atoms with Gasteiger partial charge in [0, 0.05) is 10.8 Å². The molecule has 75 heavy (non-hydrogen) atoms. The number of anilines is 1. The molecule has 0 atom stereocenters. The molecule has 0 spiro atoms. The van der Waals surface area contributed by atoms with Crippen LogP contribution in [0.5, 0.6) is 23.0 Å². The average Bonchev–Trinajstić information content (AvgIpc) is 3.34. The maximum atomic E-state index is 13.4. The Kier molecular flexibility index (Phi) is 19.0. The predicted molar refractivity (Wildman–Crippen MR) is 284 cm³/mol. The first-order valence-electron chi connectivity index (χ1n) is 22.1. The number of aryl methyl sites for hydroxylation is 2. The van der Waals surface area contributed by atoms with Crippen LogP contribution in [0.1, 0.15) is 40.9 Å². The standard InChI is InChI=1S/2C26H22ClN3O6S.Ca/c2*1-3-36-22-11-7-6-10-20(22)28-26(32)18-13-16-8-4-5-9-17(16)24(25(18)31)30-29-21-14-23(37(33,34)35)19(27)12-15(21)2;/h2*4-14,31H,3H2,1-2H3,(H,28,32)(H,33,34,35);/q;;+2/p-2. The summed E-state index contributed by atoms with van der Waals surface area (Å²) in [5, 5.41) is 58.5. The molecule has 380 valence electrons. The number of nitrogens with zero attached hydrogens (tertiary/aromatic N) is 5. The Morgan fingerprint density at radius 1 is 0.613 bits per heavy atom. The molecule has 0 bridgehead atoms. The van der Waals surface area contributed by atoms with E-state index < -0.39 is 53.3 Å². The summed E-state index contributed by atoms with van der Waals surface area (Å²) in [5.41, 5.74) is 1.41. The summed E-state index contributed by atoms with van der Waals surface area (Å²) in [4.78, 5) is 16.2. The number of phenols is 1. The van der Waals surface area contributed by atoms with E-state index in [4.69, 9.17) is 32.7 Å². The molecular weight excluding hydrogens is 1080 g/mol. The first-order valence-corrected chi connectivity index (χ1v) is 25.7. The molecule has 0 aromatic heterocycles. The fourth-order valence-electron chi connectivity index (χ4n) is 7.30. The number of hydrogen-bond donors (Lipinski definition) is 4. The van der Waals surface area contributed by atoms with Crippen molar-refractivity contribution in [2.24, 2.45) is 25.4 Å². The monoisotopic (exact) mass is 1120 g/mol. The number of ether oxygens (including phenoxy) is 2. The molecule has 0 heterocycles. The molecule has 0 saturated carbocycles. The fraction of sp³-hybridized carbons (Fsp3) is 0.115. The van der Waals surface area contributed by atoms with Crippen LogP contribution in [0.15, 0.2) is 169 Å². The van der Waals surface area contributed by atoms with Gasteiger partial charge in [-0.05, 0) is 122 Å². The molecule has 0 saturated heterocycles. The number of phenolic OH excluding ortho intramolecular Hbond substituents is 1. The van der Waals surface area contributed by atoms with Crippen molar-refractivity contribution in [1.82, 2.24) is 0 Å². The number of carbonyl (C=O) groups excluding carboxylic acids is 1. The Labute approximate surface area is 470 Å². The third kappa shape index (κ3) is 13.6. The number of amides is 1. The zero-order valence-corrected chi connectivity index (χ0v) is 45.5. The first-order chi connectivity index (χ1) is 35.2. The molecular formula is C52H42CaCl2N6O12S2. The fourth-order valence-corrected chi connectivity index (χ4v) is 9.45. The van der Waals surface area contributed by atoms with Crippen LogP contribution >= 0.6 is 23.2 Å². The van der Waals surface area contributed by atoms with Gasteiger partial charge in [-0.2, -0.15) is 32.2 Å². The summed E-state index contributed by atoms with van der Waals surface area (Å²) in [6.45, 7) is 7.65. The number of fused-ring (bicyclic) bond motifs is 2. The van der Waals surface area contributed by atoms with Crippen LogP contribution < -0.4 is 25.0 Å². The van der Waals surface area contributed by atoms with E-state index in [1.165, 1.54) is 24.3 Å². The molecule has 0 fully saturated rings. The van der Waals surface area contributed by atoms with Gasteiger partial charge < -0.3 is 30.1 Å². The van der Waals surface area contributed by atoms with Crippen LogP contribution in [0, 0.1) is 13.8 Å². The molecule has 0 aliphatic carbocycles. The van der Waals surface area contributed by atoms with E-state index in [-0.39, 0.29) is 87.3 Å². The normalized spacial score (nSPS) is 11.9. The number of aromatic hydroxyl groups is 1. The van der Waals surface area contributed by atoms with Crippen molar-refractivity contribution >= 4 is 149 Å². The van der Waals surface area contributed by atoms with E-state index in [1.807, 2.05) is 6.92 Å². The van der Waals surface area contributed by atoms with Gasteiger partial charge in [-0.3, -0.25) is 18.9 Å². The number of aliphatic imine (C=N–C) groups is 1. The van der Waals surface area contributed by atoms with Gasteiger partial charge in [0.2, 0.25) is 0 Å². The van der Waals surface area contributed by atoms with Gasteiger partial charge in [0.25, 0.3) is 26.1 Å². The number of halogens is 2. The minimum absolute atomic E-state index is 0. The Morgan fingerprint density at radius 2 is 1.07 bits per heavy atom. The summed E-state index contributed by atoms with van der Waals surface area (Å²) < 4.78 is 76.6. The quantitative estimate of drug-likeness (QED) is 0.0260. The van der Waals surface area contributed by atoms with Crippen molar-refractivity contribution in [2.75, 3.05) is 18.5 Å². The largest absolute Gasteiger partial charge is 2.00 e. The number of para-hydroxylation sites is 4. The van der Waals surface area contributed by atoms with Gasteiger partial charge in [0.05, 0.1) is 51.6 Å². The van der Waals surface area contributed by atoms with E-state index in [9.17, 15) is 46.1 Å². The minimum atomic E-state index is -4.62. The van der Waals surface area contributed by atoms with Crippen molar-refractivity contribution in [3.63, 3.8) is 0 Å². The predicted octanol–water partition coefficient (Wildman–Crippen LogP) is 11.8. The molecule has 1 amide bonds. The van der Waals surface area contributed by atoms with E-state index in [0.717, 1.165) is 12.1 Å². The van der Waals surface area contributed by atoms with Crippen LogP contribution in [-0.4, -0.2) is 93.8 Å². The molecule has 8 aromatic carbocycles. The van der Waals surface area contributed by atoms with Gasteiger partial charge in [-0.15, -0.1) is 5.11 Å². The molecule has 23 heteroatoms. The average molecular weight is 1120 g/mol. The number of benzene rings is 8. The zero-order chi connectivity index (χ0) is 53.5. The van der Waals surface area contributed by atoms with E-state index in [0.29, 0.717) is 63.1 Å². The Hall–Kier alpha value is -6.72. The van der Waals surface area contributed by atoms with Crippen molar-refractivity contribution in [3.05, 3.63) is 166 Å². The maximum absolute atomic E-state index is 13.4. The van der Waals surface area contributed by atoms with Crippen LogP contribution in [0.3, 0.4) is 0 Å². The number of rotatable bonds is 14. The maximum Gasteiger partial charge on any atom is 2.00 e. The number of azo groups is 2. The van der Waals surface area contributed by atoms with E-state index in [2.05, 4.69) is 30.8 Å². The van der Waals surface area contributed by atoms with Crippen LogP contribution in [0.2, 0.25) is 10.0 Å². The smallest absolute Gasteiger partial charge is 0.871 e. The molecule has 4 N–H and O–H groups in total. The van der Waals surface area contributed by atoms with Crippen molar-refractivity contribution in [2.45, 2.75) is 37.5 Å². The molecule has 8 rings (SSSR count). The molecule has 0 unspecified atom stereocenters. The summed E-state index contributed by atoms with van der Waals surface area (Å²) in [7, 11) is -9.22. The SMILES string of the molecule is CCOc1ccccc1N=C([O-])c1cc2ccccc2c(N=Nc2cc(S(=O)(=O)O)c(Cl)cc2C)c1[O-].CCOc1ccccc1NC(=O)c1cc2ccccc2c(N=Nc2cc(S(=O)(=O)O)c(Cl)cc2C)c1O.[Ca+2]. The first kappa shape index (κ1) is 57.6. The summed E-state index contributed by atoms with van der Waals surface area (Å²) in [6, 6.07) is 35.1. The topological polar surface area (TPSA) is 284 Å². The van der Waals surface area contributed by atoms with Crippen LogP contribution in [0.25, 0.3) is 21.5 Å². The van der Waals surface area contributed by atoms with E-state index in [1.54, 1.807) is 118 Å². The van der Waals surface area contributed by atoms with Crippen molar-refractivity contribution in [1.29, 1.82) is 0 Å². The van der Waals surface area contributed by atoms with Crippen LogP contribution in [-0.2, 0) is 20.2 Å². The third-order valence-corrected chi connectivity index (χ3v) is 13.5. The second-order valence-corrected chi connectivity index (χ2v) is 19.4. The van der Waals surface area contributed by atoms with Gasteiger partial charge in [-0.25, -0.2) is 0 Å². The van der Waals surface area contributed by atoms with Gasteiger partial charge in [0.15, 0.2) is 5.75 Å². The second-order valence-electron chi connectivity index (χ2n) is 15.9. The Balaban J connectivity index is 0.000000241. The van der Waals surface area contributed by atoms with Crippen LogP contribution in [0.4, 0.5) is 34.1 Å². The minimum Gasteiger partial charge on any atom is -0.871 e. The summed E-state index contributed by atoms with van der Waals surface area (Å²) in [6.07, 6.45) is 0. The zero-order valence-electron chi connectivity index (χ0n) is 40.1. The van der Waals surface area contributed by atoms with E-state index >= 15 is 0 Å². The number of nitrogens with one attached hydrogen (secondary N) is 1. The molecule has 0 radical (unpaired) electrons. The summed E-state index contributed by atoms with van der Waals surface area (Å²) in [5.74, 6) is -1.62. The summed E-state index contributed by atoms with van der Waals surface area (Å²) >= 11 is 11.9. The van der Waals surface area contributed by atoms with Crippen molar-refractivity contribution in [3.8, 4) is 23.0 Å². The Morgan fingerprint density at radius 3 is 1.61 bits per heavy atom. The molecule has 8 aromatic rings. The third-order valence-electron chi connectivity index (χ3n) is 10.8. The molecule has 18 nitrogen and oxygen atoms in total. The number of carbonyl (C=O) groups is 1. The number of hydrogen-bond acceptors (Lipinski definition) is 15. The van der Waals surface area contributed by atoms with Gasteiger partial charge >= 0.3 is 37.7 Å². The van der Waals surface area contributed by atoms with Crippen molar-refractivity contribution < 1.29 is 55.5 Å². The molecule has 0 aliphatic rings. The Bertz CT molecular complexity index is 3830. The van der Waals surface area contributed by atoms with Gasteiger partial charge in [0.1, 0.15) is 32.7 Å². The second kappa shape index (κ2) is 24.7. The molecule has 0 aliphatic heterocycles.